The Morgan fingerprint density at radius 1 is 1.18 bits per heavy atom. The summed E-state index contributed by atoms with van der Waals surface area (Å²) < 4.78 is 0. The van der Waals surface area contributed by atoms with E-state index in [0.29, 0.717) is 11.8 Å². The standard InChI is InChI=1S/C16H22O/c1-11-4-6-14(7-5-11)16(17)15-9-12(2)8-13(3)10-15/h4-8,12,15-17H,9-10H2,1-3H3. The SMILES string of the molecule is CC1=CC(C)CC(C(O)c2ccc(C)cc2)C1. The quantitative estimate of drug-likeness (QED) is 0.761. The minimum atomic E-state index is -0.318. The number of rotatable bonds is 2. The summed E-state index contributed by atoms with van der Waals surface area (Å²) in [4.78, 5) is 0. The molecule has 0 aromatic heterocycles. The van der Waals surface area contributed by atoms with Crippen LogP contribution in [0.2, 0.25) is 0 Å². The lowest BCUT2D eigenvalue weighted by Gasteiger charge is -2.29. The molecular weight excluding hydrogens is 208 g/mol. The molecular formula is C16H22O. The number of aryl methyl sites for hydroxylation is 1. The number of hydrogen-bond donors (Lipinski definition) is 1. The Morgan fingerprint density at radius 2 is 1.82 bits per heavy atom. The lowest BCUT2D eigenvalue weighted by atomic mass is 9.79. The molecule has 1 N–H and O–H groups in total. The smallest absolute Gasteiger partial charge is 0.0821 e. The molecule has 0 aliphatic heterocycles. The van der Waals surface area contributed by atoms with E-state index >= 15 is 0 Å². The van der Waals surface area contributed by atoms with Crippen molar-refractivity contribution >= 4 is 0 Å². The van der Waals surface area contributed by atoms with Crippen molar-refractivity contribution in [2.75, 3.05) is 0 Å². The monoisotopic (exact) mass is 230 g/mol. The minimum Gasteiger partial charge on any atom is -0.388 e. The van der Waals surface area contributed by atoms with Gasteiger partial charge in [0.2, 0.25) is 0 Å². The zero-order chi connectivity index (χ0) is 12.4. The van der Waals surface area contributed by atoms with Gasteiger partial charge >= 0.3 is 0 Å². The number of allylic oxidation sites excluding steroid dienone is 2. The molecule has 1 aromatic carbocycles. The van der Waals surface area contributed by atoms with Crippen molar-refractivity contribution in [1.82, 2.24) is 0 Å². The summed E-state index contributed by atoms with van der Waals surface area (Å²) >= 11 is 0. The molecule has 3 atom stereocenters. The van der Waals surface area contributed by atoms with E-state index in [1.54, 1.807) is 0 Å². The minimum absolute atomic E-state index is 0.318. The van der Waals surface area contributed by atoms with Crippen LogP contribution in [-0.4, -0.2) is 5.11 Å². The van der Waals surface area contributed by atoms with Crippen molar-refractivity contribution in [2.45, 2.75) is 39.7 Å². The maximum atomic E-state index is 10.4. The van der Waals surface area contributed by atoms with Gasteiger partial charge in [0.25, 0.3) is 0 Å². The lowest BCUT2D eigenvalue weighted by molar-refractivity contribution is 0.0932. The van der Waals surface area contributed by atoms with E-state index in [0.717, 1.165) is 18.4 Å². The van der Waals surface area contributed by atoms with E-state index in [1.807, 2.05) is 0 Å². The molecule has 1 nitrogen and oxygen atoms in total. The van der Waals surface area contributed by atoms with Crippen molar-refractivity contribution in [3.05, 3.63) is 47.0 Å². The fourth-order valence-corrected chi connectivity index (χ4v) is 2.87. The van der Waals surface area contributed by atoms with Gasteiger partial charge in [0, 0.05) is 0 Å². The Bertz CT molecular complexity index is 402. The molecule has 1 heteroatoms. The van der Waals surface area contributed by atoms with Crippen LogP contribution in [0.1, 0.15) is 43.9 Å². The van der Waals surface area contributed by atoms with Crippen LogP contribution in [-0.2, 0) is 0 Å². The molecule has 0 spiro atoms. The van der Waals surface area contributed by atoms with Crippen molar-refractivity contribution in [3.8, 4) is 0 Å². The number of hydrogen-bond acceptors (Lipinski definition) is 1. The van der Waals surface area contributed by atoms with Crippen LogP contribution < -0.4 is 0 Å². The predicted octanol–water partition coefficient (Wildman–Crippen LogP) is 4.02. The summed E-state index contributed by atoms with van der Waals surface area (Å²) in [6.45, 7) is 6.48. The van der Waals surface area contributed by atoms with Crippen molar-refractivity contribution in [2.24, 2.45) is 11.8 Å². The molecule has 1 aromatic rings. The van der Waals surface area contributed by atoms with Gasteiger partial charge in [-0.05, 0) is 44.1 Å². The molecule has 0 amide bonds. The van der Waals surface area contributed by atoms with E-state index < -0.39 is 0 Å². The van der Waals surface area contributed by atoms with Gasteiger partial charge in [-0.3, -0.25) is 0 Å². The topological polar surface area (TPSA) is 20.2 Å². The molecule has 0 radical (unpaired) electrons. The van der Waals surface area contributed by atoms with Gasteiger partial charge in [-0.15, -0.1) is 0 Å². The largest absolute Gasteiger partial charge is 0.388 e. The first-order valence-electron chi connectivity index (χ1n) is 6.48. The molecule has 1 aliphatic rings. The average Bonchev–Trinajstić information content (AvgIpc) is 2.28. The Hall–Kier alpha value is -1.08. The summed E-state index contributed by atoms with van der Waals surface area (Å²) in [6, 6.07) is 8.26. The second-order valence-corrected chi connectivity index (χ2v) is 5.55. The molecule has 0 heterocycles. The van der Waals surface area contributed by atoms with Gasteiger partial charge in [-0.25, -0.2) is 0 Å². The predicted molar refractivity (Wildman–Crippen MR) is 71.8 cm³/mol. The van der Waals surface area contributed by atoms with Crippen molar-refractivity contribution in [3.63, 3.8) is 0 Å². The highest BCUT2D eigenvalue weighted by Crippen LogP contribution is 2.36. The molecule has 0 bridgehead atoms. The molecule has 2 rings (SSSR count). The van der Waals surface area contributed by atoms with E-state index in [4.69, 9.17) is 0 Å². The maximum absolute atomic E-state index is 10.4. The normalized spacial score (nSPS) is 26.5. The zero-order valence-corrected chi connectivity index (χ0v) is 11.0. The number of aliphatic hydroxyl groups is 1. The van der Waals surface area contributed by atoms with Crippen molar-refractivity contribution < 1.29 is 5.11 Å². The highest BCUT2D eigenvalue weighted by molar-refractivity contribution is 5.24. The van der Waals surface area contributed by atoms with Crippen LogP contribution >= 0.6 is 0 Å². The van der Waals surface area contributed by atoms with E-state index in [-0.39, 0.29) is 6.10 Å². The van der Waals surface area contributed by atoms with Crippen LogP contribution in [0.15, 0.2) is 35.9 Å². The fraction of sp³-hybridized carbons (Fsp3) is 0.500. The van der Waals surface area contributed by atoms with Crippen LogP contribution in [0, 0.1) is 18.8 Å². The first kappa shape index (κ1) is 12.4. The summed E-state index contributed by atoms with van der Waals surface area (Å²) in [7, 11) is 0. The molecule has 0 fully saturated rings. The second kappa shape index (κ2) is 5.05. The highest BCUT2D eigenvalue weighted by atomic mass is 16.3. The maximum Gasteiger partial charge on any atom is 0.0821 e. The van der Waals surface area contributed by atoms with Gasteiger partial charge in [0.1, 0.15) is 0 Å². The van der Waals surface area contributed by atoms with Crippen LogP contribution in [0.4, 0.5) is 0 Å². The summed E-state index contributed by atoms with van der Waals surface area (Å²) in [5.41, 5.74) is 3.72. The van der Waals surface area contributed by atoms with Gasteiger partial charge in [-0.1, -0.05) is 48.4 Å². The summed E-state index contributed by atoms with van der Waals surface area (Å²) in [6.07, 6.45) is 4.13. The molecule has 1 aliphatic carbocycles. The lowest BCUT2D eigenvalue weighted by Crippen LogP contribution is -2.19. The molecule has 0 saturated heterocycles. The fourth-order valence-electron chi connectivity index (χ4n) is 2.87. The third-order valence-corrected chi connectivity index (χ3v) is 3.69. The third kappa shape index (κ3) is 2.98. The Balaban J connectivity index is 2.12. The van der Waals surface area contributed by atoms with Gasteiger partial charge < -0.3 is 5.11 Å². The van der Waals surface area contributed by atoms with Crippen LogP contribution in [0.5, 0.6) is 0 Å². The third-order valence-electron chi connectivity index (χ3n) is 3.69. The molecule has 0 saturated carbocycles. The van der Waals surface area contributed by atoms with Gasteiger partial charge in [0.15, 0.2) is 0 Å². The second-order valence-electron chi connectivity index (χ2n) is 5.55. The molecule has 92 valence electrons. The number of aliphatic hydroxyl groups excluding tert-OH is 1. The van der Waals surface area contributed by atoms with Crippen molar-refractivity contribution in [1.29, 1.82) is 0 Å². The van der Waals surface area contributed by atoms with Gasteiger partial charge in [-0.2, -0.15) is 0 Å². The first-order valence-corrected chi connectivity index (χ1v) is 6.48. The average molecular weight is 230 g/mol. The van der Waals surface area contributed by atoms with E-state index in [1.165, 1.54) is 11.1 Å². The van der Waals surface area contributed by atoms with E-state index in [2.05, 4.69) is 51.1 Å². The number of benzene rings is 1. The zero-order valence-electron chi connectivity index (χ0n) is 11.0. The van der Waals surface area contributed by atoms with Crippen LogP contribution in [0.3, 0.4) is 0 Å². The van der Waals surface area contributed by atoms with Crippen LogP contribution in [0.25, 0.3) is 0 Å². The highest BCUT2D eigenvalue weighted by Gasteiger charge is 2.25. The van der Waals surface area contributed by atoms with E-state index in [9.17, 15) is 5.11 Å². The summed E-state index contributed by atoms with van der Waals surface area (Å²) in [5, 5.41) is 10.4. The summed E-state index contributed by atoms with van der Waals surface area (Å²) in [5.74, 6) is 0.964. The molecule has 3 unspecified atom stereocenters. The molecule has 17 heavy (non-hydrogen) atoms. The Morgan fingerprint density at radius 3 is 2.41 bits per heavy atom. The Labute approximate surface area is 104 Å². The first-order chi connectivity index (χ1) is 8.06. The van der Waals surface area contributed by atoms with Gasteiger partial charge in [0.05, 0.1) is 6.10 Å². The Kier molecular flexibility index (Phi) is 3.68.